The smallest absolute Gasteiger partial charge is 0.199 e. The van der Waals surface area contributed by atoms with Gasteiger partial charge in [0.25, 0.3) is 0 Å². The van der Waals surface area contributed by atoms with E-state index in [9.17, 15) is 4.21 Å². The highest BCUT2D eigenvalue weighted by Gasteiger charge is 2.28. The van der Waals surface area contributed by atoms with E-state index in [1.807, 2.05) is 45.9 Å². The molecule has 1 fully saturated rings. The van der Waals surface area contributed by atoms with E-state index in [1.165, 1.54) is 0 Å². The van der Waals surface area contributed by atoms with Crippen molar-refractivity contribution in [3.05, 3.63) is 48.2 Å². The van der Waals surface area contributed by atoms with Gasteiger partial charge in [-0.15, -0.1) is 0 Å². The first-order chi connectivity index (χ1) is 14.2. The van der Waals surface area contributed by atoms with Gasteiger partial charge >= 0.3 is 0 Å². The highest BCUT2D eigenvalue weighted by atomic mass is 32.2. The number of ether oxygens (including phenoxy) is 1. The standard InChI is InChI=1S/C20H27N5O3S/c1-2-28-23-16-17-5-7-19(8-6-17)27-14-4-3-11-24-12-13-25(29(24)26)18-9-10-22-20(21)15-18/h5-10,15-16H,2-4,11-14H2,1H3,(H2,21,22)/b23-16+. The molecular weight excluding hydrogens is 390 g/mol. The van der Waals surface area contributed by atoms with Crippen LogP contribution in [-0.4, -0.2) is 52.6 Å². The van der Waals surface area contributed by atoms with Gasteiger partial charge in [-0.3, -0.25) is 4.31 Å². The van der Waals surface area contributed by atoms with Crippen LogP contribution in [0.15, 0.2) is 47.8 Å². The van der Waals surface area contributed by atoms with Gasteiger partial charge in [-0.05, 0) is 55.7 Å². The van der Waals surface area contributed by atoms with Crippen LogP contribution >= 0.6 is 0 Å². The second-order valence-corrected chi connectivity index (χ2v) is 7.90. The third-order valence-corrected chi connectivity index (χ3v) is 5.95. The number of nitrogen functional groups attached to an aromatic ring is 1. The van der Waals surface area contributed by atoms with E-state index in [2.05, 4.69) is 10.1 Å². The first kappa shape index (κ1) is 21.1. The molecule has 0 bridgehead atoms. The molecule has 1 aliphatic heterocycles. The number of benzene rings is 1. The molecule has 1 aromatic carbocycles. The lowest BCUT2D eigenvalue weighted by atomic mass is 10.2. The number of pyridine rings is 1. The predicted octanol–water partition coefficient (Wildman–Crippen LogP) is 2.59. The number of rotatable bonds is 10. The third-order valence-electron chi connectivity index (χ3n) is 4.37. The second kappa shape index (κ2) is 10.8. The molecule has 0 amide bonds. The lowest BCUT2D eigenvalue weighted by molar-refractivity contribution is 0.160. The second-order valence-electron chi connectivity index (χ2n) is 6.48. The summed E-state index contributed by atoms with van der Waals surface area (Å²) in [4.78, 5) is 8.93. The number of anilines is 2. The topological polar surface area (TPSA) is 93.3 Å². The van der Waals surface area contributed by atoms with Crippen molar-refractivity contribution in [3.8, 4) is 5.75 Å². The molecule has 1 saturated heterocycles. The molecule has 0 radical (unpaired) electrons. The number of unbranched alkanes of at least 4 members (excludes halogenated alkanes) is 1. The largest absolute Gasteiger partial charge is 0.494 e. The van der Waals surface area contributed by atoms with Crippen molar-refractivity contribution in [3.63, 3.8) is 0 Å². The number of nitrogens with two attached hydrogens (primary N) is 1. The van der Waals surface area contributed by atoms with Gasteiger partial charge in [-0.2, -0.15) is 0 Å². The van der Waals surface area contributed by atoms with Gasteiger partial charge in [0.05, 0.1) is 18.5 Å². The van der Waals surface area contributed by atoms with E-state index in [-0.39, 0.29) is 0 Å². The Morgan fingerprint density at radius 3 is 2.83 bits per heavy atom. The van der Waals surface area contributed by atoms with Gasteiger partial charge in [0, 0.05) is 31.9 Å². The monoisotopic (exact) mass is 417 g/mol. The molecular formula is C20H27N5O3S. The lowest BCUT2D eigenvalue weighted by Crippen LogP contribution is -2.27. The zero-order chi connectivity index (χ0) is 20.5. The molecule has 2 heterocycles. The average molecular weight is 418 g/mol. The number of aromatic nitrogens is 1. The van der Waals surface area contributed by atoms with Crippen molar-refractivity contribution in [1.82, 2.24) is 9.29 Å². The van der Waals surface area contributed by atoms with Crippen LogP contribution in [0.25, 0.3) is 0 Å². The Kier molecular flexibility index (Phi) is 7.83. The number of oxime groups is 1. The molecule has 0 saturated carbocycles. The van der Waals surface area contributed by atoms with Crippen LogP contribution in [0, 0.1) is 0 Å². The Labute approximate surface area is 174 Å². The van der Waals surface area contributed by atoms with Crippen molar-refractivity contribution in [2.75, 3.05) is 42.9 Å². The maximum atomic E-state index is 12.7. The van der Waals surface area contributed by atoms with Gasteiger partial charge in [0.15, 0.2) is 11.2 Å². The van der Waals surface area contributed by atoms with Gasteiger partial charge in [-0.1, -0.05) is 5.16 Å². The summed E-state index contributed by atoms with van der Waals surface area (Å²) < 4.78 is 22.3. The Hall–Kier alpha value is -2.65. The minimum absolute atomic E-state index is 0.435. The average Bonchev–Trinajstić information content (AvgIpc) is 3.09. The van der Waals surface area contributed by atoms with Gasteiger partial charge in [0.2, 0.25) is 0 Å². The number of hydrogen-bond donors (Lipinski definition) is 1. The zero-order valence-electron chi connectivity index (χ0n) is 16.6. The molecule has 8 nitrogen and oxygen atoms in total. The molecule has 1 aliphatic rings. The van der Waals surface area contributed by atoms with Crippen molar-refractivity contribution < 1.29 is 13.8 Å². The molecule has 156 valence electrons. The normalized spacial score (nSPS) is 17.1. The van der Waals surface area contributed by atoms with Crippen LogP contribution in [0.2, 0.25) is 0 Å². The Balaban J connectivity index is 1.36. The van der Waals surface area contributed by atoms with E-state index in [4.69, 9.17) is 15.3 Å². The van der Waals surface area contributed by atoms with Crippen molar-refractivity contribution in [2.24, 2.45) is 5.16 Å². The molecule has 1 atom stereocenters. The van der Waals surface area contributed by atoms with Gasteiger partial charge in [-0.25, -0.2) is 13.5 Å². The summed E-state index contributed by atoms with van der Waals surface area (Å²) in [5, 5.41) is 3.84. The Bertz CT molecular complexity index is 831. The number of hydrogen-bond acceptors (Lipinski definition) is 6. The Morgan fingerprint density at radius 1 is 1.24 bits per heavy atom. The highest BCUT2D eigenvalue weighted by Crippen LogP contribution is 2.23. The maximum absolute atomic E-state index is 12.7. The summed E-state index contributed by atoms with van der Waals surface area (Å²) in [6.45, 7) is 5.31. The summed E-state index contributed by atoms with van der Waals surface area (Å²) in [5.41, 5.74) is 7.53. The zero-order valence-corrected chi connectivity index (χ0v) is 17.4. The van der Waals surface area contributed by atoms with E-state index in [0.29, 0.717) is 25.6 Å². The molecule has 2 aromatic rings. The SMILES string of the molecule is CCO/N=C/c1ccc(OCCCCN2CCN(c3ccnc(N)c3)S2=O)cc1. The van der Waals surface area contributed by atoms with E-state index >= 15 is 0 Å². The minimum Gasteiger partial charge on any atom is -0.494 e. The fourth-order valence-corrected chi connectivity index (χ4v) is 4.24. The fourth-order valence-electron chi connectivity index (χ4n) is 2.90. The van der Waals surface area contributed by atoms with E-state index in [1.54, 1.807) is 18.5 Å². The van der Waals surface area contributed by atoms with Crippen molar-refractivity contribution in [2.45, 2.75) is 19.8 Å². The molecule has 0 spiro atoms. The molecule has 2 N–H and O–H groups in total. The van der Waals surface area contributed by atoms with Gasteiger partial charge in [0.1, 0.15) is 18.2 Å². The summed E-state index contributed by atoms with van der Waals surface area (Å²) in [7, 11) is 0. The summed E-state index contributed by atoms with van der Waals surface area (Å²) in [5.74, 6) is 1.26. The Morgan fingerprint density at radius 2 is 2.07 bits per heavy atom. The van der Waals surface area contributed by atoms with E-state index < -0.39 is 11.2 Å². The molecule has 9 heteroatoms. The minimum atomic E-state index is -1.19. The quantitative estimate of drug-likeness (QED) is 0.364. The van der Waals surface area contributed by atoms with E-state index in [0.717, 1.165) is 42.9 Å². The van der Waals surface area contributed by atoms with Crippen LogP contribution < -0.4 is 14.8 Å². The maximum Gasteiger partial charge on any atom is 0.199 e. The first-order valence-electron chi connectivity index (χ1n) is 9.71. The molecule has 3 rings (SSSR count). The summed E-state index contributed by atoms with van der Waals surface area (Å²) in [6.07, 6.45) is 5.12. The summed E-state index contributed by atoms with van der Waals surface area (Å²) in [6, 6.07) is 11.3. The predicted molar refractivity (Wildman–Crippen MR) is 116 cm³/mol. The van der Waals surface area contributed by atoms with Crippen LogP contribution in [0.4, 0.5) is 11.5 Å². The van der Waals surface area contributed by atoms with Crippen molar-refractivity contribution in [1.29, 1.82) is 0 Å². The lowest BCUT2D eigenvalue weighted by Gasteiger charge is -2.18. The fraction of sp³-hybridized carbons (Fsp3) is 0.400. The van der Waals surface area contributed by atoms with Gasteiger partial charge < -0.3 is 15.3 Å². The van der Waals surface area contributed by atoms with Crippen molar-refractivity contribution >= 4 is 28.9 Å². The number of nitrogens with zero attached hydrogens (tertiary/aromatic N) is 4. The first-order valence-corrected chi connectivity index (χ1v) is 10.8. The molecule has 1 aromatic heterocycles. The molecule has 0 aliphatic carbocycles. The highest BCUT2D eigenvalue weighted by molar-refractivity contribution is 7.84. The van der Waals surface area contributed by atoms with Crippen LogP contribution in [0.1, 0.15) is 25.3 Å². The van der Waals surface area contributed by atoms with Crippen LogP contribution in [0.3, 0.4) is 0 Å². The molecule has 29 heavy (non-hydrogen) atoms. The summed E-state index contributed by atoms with van der Waals surface area (Å²) >= 11 is -1.19. The molecule has 1 unspecified atom stereocenters. The van der Waals surface area contributed by atoms with Crippen LogP contribution in [0.5, 0.6) is 5.75 Å². The van der Waals surface area contributed by atoms with Crippen LogP contribution in [-0.2, 0) is 16.0 Å². The third kappa shape index (κ3) is 6.16.